The number of carbonyl (C=O) groups is 1. The first-order valence-electron chi connectivity index (χ1n) is 4.83. The Hall–Kier alpha value is -0.880. The maximum Gasteiger partial charge on any atom is 0.226 e. The van der Waals surface area contributed by atoms with E-state index in [0.717, 1.165) is 5.75 Å². The third-order valence-corrected chi connectivity index (χ3v) is 3.37. The molecule has 0 aliphatic rings. The van der Waals surface area contributed by atoms with Crippen molar-refractivity contribution in [2.75, 3.05) is 31.1 Å². The van der Waals surface area contributed by atoms with Crippen LogP contribution >= 0.6 is 10.0 Å². The first-order valence-corrected chi connectivity index (χ1v) is 7.86. The number of carbonyl (C=O) groups excluding carboxylic acids is 1. The summed E-state index contributed by atoms with van der Waals surface area (Å²) in [4.78, 5) is 14.0. The quantitative estimate of drug-likeness (QED) is 0.566. The monoisotopic (exact) mass is 248 g/mol. The fourth-order valence-electron chi connectivity index (χ4n) is 1.02. The molecule has 1 rings (SSSR count). The van der Waals surface area contributed by atoms with E-state index in [1.807, 2.05) is 0 Å². The van der Waals surface area contributed by atoms with Crippen molar-refractivity contribution in [3.05, 3.63) is 18.0 Å². The SMILES string of the molecule is CS(C)(C)CCOCn1cnc(C=O)c1F. The zero-order chi connectivity index (χ0) is 12.2. The molecule has 4 nitrogen and oxygen atoms in total. The lowest BCUT2D eigenvalue weighted by atomic mass is 10.5. The summed E-state index contributed by atoms with van der Waals surface area (Å²) in [5, 5.41) is 0. The Labute approximate surface area is 96.1 Å². The fourth-order valence-corrected chi connectivity index (χ4v) is 1.64. The summed E-state index contributed by atoms with van der Waals surface area (Å²) >= 11 is 0. The Balaban J connectivity index is 2.38. The van der Waals surface area contributed by atoms with Crippen molar-refractivity contribution in [1.82, 2.24) is 9.55 Å². The second-order valence-corrected chi connectivity index (χ2v) is 8.93. The molecule has 0 aromatic carbocycles. The first kappa shape index (κ1) is 13.2. The molecule has 0 aliphatic heterocycles. The Bertz CT molecular complexity index is 360. The highest BCUT2D eigenvalue weighted by Gasteiger charge is 2.09. The molecule has 1 aromatic heterocycles. The van der Waals surface area contributed by atoms with Crippen LogP contribution in [0.3, 0.4) is 0 Å². The van der Waals surface area contributed by atoms with E-state index in [-0.39, 0.29) is 12.4 Å². The third-order valence-electron chi connectivity index (χ3n) is 1.98. The molecule has 6 heteroatoms. The summed E-state index contributed by atoms with van der Waals surface area (Å²) in [5.41, 5.74) is -0.176. The van der Waals surface area contributed by atoms with Gasteiger partial charge in [-0.25, -0.2) is 15.0 Å². The van der Waals surface area contributed by atoms with Crippen LogP contribution in [0.2, 0.25) is 0 Å². The van der Waals surface area contributed by atoms with Gasteiger partial charge in [-0.1, -0.05) is 0 Å². The average Bonchev–Trinajstić information content (AvgIpc) is 2.53. The second-order valence-electron chi connectivity index (χ2n) is 4.34. The molecule has 0 aliphatic carbocycles. The second kappa shape index (κ2) is 5.45. The standard InChI is InChI=1S/C10H17FN2O2S/c1-16(2,3)5-4-15-8-13-7-12-9(6-14)10(13)11/h6-7H,4-5,8H2,1-3H3. The average molecular weight is 248 g/mol. The number of halogens is 1. The lowest BCUT2D eigenvalue weighted by molar-refractivity contribution is 0.0815. The van der Waals surface area contributed by atoms with Crippen LogP contribution in [0.1, 0.15) is 10.5 Å². The lowest BCUT2D eigenvalue weighted by Gasteiger charge is -2.24. The van der Waals surface area contributed by atoms with Crippen LogP contribution in [0.5, 0.6) is 0 Å². The first-order chi connectivity index (χ1) is 7.44. The molecule has 0 saturated carbocycles. The van der Waals surface area contributed by atoms with Gasteiger partial charge in [0.05, 0.1) is 12.9 Å². The molecule has 0 fully saturated rings. The number of ether oxygens (including phenoxy) is 1. The highest BCUT2D eigenvalue weighted by atomic mass is 32.3. The molecule has 0 saturated heterocycles. The Morgan fingerprint density at radius 3 is 2.75 bits per heavy atom. The van der Waals surface area contributed by atoms with Crippen molar-refractivity contribution in [3.63, 3.8) is 0 Å². The number of aldehydes is 1. The van der Waals surface area contributed by atoms with E-state index in [4.69, 9.17) is 4.74 Å². The summed E-state index contributed by atoms with van der Waals surface area (Å²) in [6.45, 7) is 0.690. The number of hydrogen-bond donors (Lipinski definition) is 0. The molecule has 1 heterocycles. The highest BCUT2D eigenvalue weighted by Crippen LogP contribution is 2.33. The van der Waals surface area contributed by atoms with Crippen LogP contribution < -0.4 is 0 Å². The smallest absolute Gasteiger partial charge is 0.226 e. The van der Waals surface area contributed by atoms with Gasteiger partial charge in [0.15, 0.2) is 12.0 Å². The Morgan fingerprint density at radius 2 is 2.25 bits per heavy atom. The molecular weight excluding hydrogens is 231 g/mol. The topological polar surface area (TPSA) is 44.1 Å². The van der Waals surface area contributed by atoms with E-state index in [0.29, 0.717) is 12.9 Å². The maximum atomic E-state index is 13.3. The normalized spacial score (nSPS) is 12.8. The molecule has 0 N–H and O–H groups in total. The molecule has 92 valence electrons. The van der Waals surface area contributed by atoms with Crippen molar-refractivity contribution >= 4 is 16.3 Å². The largest absolute Gasteiger partial charge is 0.360 e. The van der Waals surface area contributed by atoms with E-state index in [2.05, 4.69) is 23.8 Å². The van der Waals surface area contributed by atoms with Crippen molar-refractivity contribution in [1.29, 1.82) is 0 Å². The summed E-state index contributed by atoms with van der Waals surface area (Å²) in [5.74, 6) is 0.335. The van der Waals surface area contributed by atoms with E-state index in [9.17, 15) is 9.18 Å². The molecule has 0 unspecified atom stereocenters. The summed E-state index contributed by atoms with van der Waals surface area (Å²) in [6.07, 6.45) is 8.24. The van der Waals surface area contributed by atoms with Crippen molar-refractivity contribution < 1.29 is 13.9 Å². The molecule has 0 atom stereocenters. The van der Waals surface area contributed by atoms with Gasteiger partial charge in [-0.05, 0) is 18.8 Å². The summed E-state index contributed by atoms with van der Waals surface area (Å²) in [6, 6.07) is 0. The van der Waals surface area contributed by atoms with Gasteiger partial charge in [0.25, 0.3) is 0 Å². The van der Waals surface area contributed by atoms with Gasteiger partial charge in [0.2, 0.25) is 5.95 Å². The Morgan fingerprint density at radius 1 is 1.56 bits per heavy atom. The molecule has 16 heavy (non-hydrogen) atoms. The number of hydrogen-bond acceptors (Lipinski definition) is 3. The summed E-state index contributed by atoms with van der Waals surface area (Å²) in [7, 11) is -0.588. The van der Waals surface area contributed by atoms with Gasteiger partial charge in [-0.3, -0.25) is 9.36 Å². The van der Waals surface area contributed by atoms with E-state index >= 15 is 0 Å². The highest BCUT2D eigenvalue weighted by molar-refractivity contribution is 8.32. The van der Waals surface area contributed by atoms with Crippen LogP contribution in [-0.2, 0) is 11.5 Å². The lowest BCUT2D eigenvalue weighted by Crippen LogP contribution is -2.10. The van der Waals surface area contributed by atoms with Crippen molar-refractivity contribution in [2.24, 2.45) is 0 Å². The van der Waals surface area contributed by atoms with Gasteiger partial charge >= 0.3 is 0 Å². The maximum absolute atomic E-state index is 13.3. The van der Waals surface area contributed by atoms with E-state index < -0.39 is 16.0 Å². The molecule has 0 spiro atoms. The van der Waals surface area contributed by atoms with Gasteiger partial charge in [0, 0.05) is 5.75 Å². The van der Waals surface area contributed by atoms with Crippen molar-refractivity contribution in [3.8, 4) is 0 Å². The van der Waals surface area contributed by atoms with E-state index in [1.54, 1.807) is 0 Å². The van der Waals surface area contributed by atoms with Gasteiger partial charge in [0.1, 0.15) is 6.73 Å². The van der Waals surface area contributed by atoms with E-state index in [1.165, 1.54) is 10.9 Å². The number of aromatic nitrogens is 2. The Kier molecular flexibility index (Phi) is 4.49. The fraction of sp³-hybridized carbons (Fsp3) is 0.600. The van der Waals surface area contributed by atoms with Crippen LogP contribution in [0.4, 0.5) is 4.39 Å². The van der Waals surface area contributed by atoms with Crippen LogP contribution in [0.25, 0.3) is 0 Å². The third kappa shape index (κ3) is 3.94. The van der Waals surface area contributed by atoms with Crippen LogP contribution in [-0.4, -0.2) is 47.0 Å². The minimum Gasteiger partial charge on any atom is -0.360 e. The number of imidazole rings is 1. The van der Waals surface area contributed by atoms with Crippen molar-refractivity contribution in [2.45, 2.75) is 6.73 Å². The number of rotatable bonds is 6. The number of nitrogens with zero attached hydrogens (tertiary/aromatic N) is 2. The van der Waals surface area contributed by atoms with Gasteiger partial charge < -0.3 is 4.74 Å². The molecule has 0 radical (unpaired) electrons. The zero-order valence-electron chi connectivity index (χ0n) is 9.77. The molecule has 0 bridgehead atoms. The predicted octanol–water partition coefficient (Wildman–Crippen LogP) is 1.50. The van der Waals surface area contributed by atoms with Crippen LogP contribution in [0, 0.1) is 5.95 Å². The zero-order valence-corrected chi connectivity index (χ0v) is 10.6. The van der Waals surface area contributed by atoms with Gasteiger partial charge in [-0.15, -0.1) is 0 Å². The van der Waals surface area contributed by atoms with Gasteiger partial charge in [-0.2, -0.15) is 4.39 Å². The minimum atomic E-state index is -0.641. The predicted molar refractivity (Wildman–Crippen MR) is 63.8 cm³/mol. The van der Waals surface area contributed by atoms with Crippen LogP contribution in [0.15, 0.2) is 6.33 Å². The molecular formula is C10H17FN2O2S. The summed E-state index contributed by atoms with van der Waals surface area (Å²) < 4.78 is 19.8. The molecule has 1 aromatic rings. The minimum absolute atomic E-state index is 0.0994. The molecule has 0 amide bonds.